The molecule has 0 saturated heterocycles. The van der Waals surface area contributed by atoms with Crippen molar-refractivity contribution >= 4 is 10.0 Å². The van der Waals surface area contributed by atoms with E-state index in [0.29, 0.717) is 12.0 Å². The van der Waals surface area contributed by atoms with Gasteiger partial charge in [0.05, 0.1) is 4.90 Å². The largest absolute Gasteiger partial charge is 0.243 e. The summed E-state index contributed by atoms with van der Waals surface area (Å²) in [5.41, 5.74) is 0.453. The molecule has 0 radical (unpaired) electrons. The van der Waals surface area contributed by atoms with Gasteiger partial charge in [0.1, 0.15) is 11.6 Å². The number of halogens is 2. The van der Waals surface area contributed by atoms with E-state index in [2.05, 4.69) is 0 Å². The molecular weight excluding hydrogens is 344 g/mol. The number of sulfonamides is 1. The van der Waals surface area contributed by atoms with Crippen LogP contribution >= 0.6 is 0 Å². The summed E-state index contributed by atoms with van der Waals surface area (Å²) in [5, 5.41) is 0. The third kappa shape index (κ3) is 5.09. The van der Waals surface area contributed by atoms with Crippen molar-refractivity contribution in [2.45, 2.75) is 43.5 Å². The van der Waals surface area contributed by atoms with Gasteiger partial charge in [-0.3, -0.25) is 0 Å². The Kier molecular flexibility index (Phi) is 6.67. The Bertz CT molecular complexity index is 774. The molecule has 6 heteroatoms. The van der Waals surface area contributed by atoms with E-state index in [1.54, 1.807) is 30.3 Å². The normalized spacial score (nSPS) is 13.2. The van der Waals surface area contributed by atoms with Gasteiger partial charge in [-0.2, -0.15) is 4.31 Å². The number of likely N-dealkylation sites (N-methyl/N-ethyl adjacent to an activating group) is 1. The molecule has 0 heterocycles. The summed E-state index contributed by atoms with van der Waals surface area (Å²) in [6.45, 7) is 2.02. The van der Waals surface area contributed by atoms with E-state index in [1.807, 2.05) is 6.92 Å². The first kappa shape index (κ1) is 19.5. The summed E-state index contributed by atoms with van der Waals surface area (Å²) in [4.78, 5) is 0.212. The Morgan fingerprint density at radius 2 is 1.64 bits per heavy atom. The second-order valence-electron chi connectivity index (χ2n) is 6.11. The Balaban J connectivity index is 2.29. The molecule has 136 valence electrons. The molecule has 0 fully saturated rings. The highest BCUT2D eigenvalue weighted by Gasteiger charge is 2.27. The van der Waals surface area contributed by atoms with Crippen LogP contribution in [0.15, 0.2) is 53.4 Å². The number of hydrogen-bond donors (Lipinski definition) is 0. The Morgan fingerprint density at radius 3 is 2.20 bits per heavy atom. The highest BCUT2D eigenvalue weighted by molar-refractivity contribution is 7.89. The van der Waals surface area contributed by atoms with Gasteiger partial charge in [0.25, 0.3) is 0 Å². The van der Waals surface area contributed by atoms with Crippen LogP contribution in [0.5, 0.6) is 0 Å². The van der Waals surface area contributed by atoms with E-state index in [9.17, 15) is 17.2 Å². The minimum absolute atomic E-state index is 0.212. The zero-order valence-electron chi connectivity index (χ0n) is 14.5. The predicted octanol–water partition coefficient (Wildman–Crippen LogP) is 4.39. The summed E-state index contributed by atoms with van der Waals surface area (Å²) in [6, 6.07) is 11.1. The maximum atomic E-state index is 13.5. The van der Waals surface area contributed by atoms with Crippen molar-refractivity contribution in [2.24, 2.45) is 0 Å². The molecule has 1 atom stereocenters. The van der Waals surface area contributed by atoms with Crippen LogP contribution in [0.1, 0.15) is 31.7 Å². The summed E-state index contributed by atoms with van der Waals surface area (Å²) in [6.07, 6.45) is 2.62. The van der Waals surface area contributed by atoms with Crippen molar-refractivity contribution in [1.29, 1.82) is 0 Å². The molecule has 3 nitrogen and oxygen atoms in total. The summed E-state index contributed by atoms with van der Waals surface area (Å²) in [7, 11) is -2.14. The second-order valence-corrected chi connectivity index (χ2v) is 8.11. The van der Waals surface area contributed by atoms with Gasteiger partial charge in [-0.25, -0.2) is 17.2 Å². The number of nitrogens with zero attached hydrogens (tertiary/aromatic N) is 1. The molecule has 0 bridgehead atoms. The van der Waals surface area contributed by atoms with Crippen LogP contribution in [0.25, 0.3) is 0 Å². The van der Waals surface area contributed by atoms with E-state index >= 15 is 0 Å². The van der Waals surface area contributed by atoms with Gasteiger partial charge in [-0.05, 0) is 42.7 Å². The van der Waals surface area contributed by atoms with Crippen LogP contribution in [0.3, 0.4) is 0 Å². The van der Waals surface area contributed by atoms with Crippen LogP contribution in [0.4, 0.5) is 8.78 Å². The topological polar surface area (TPSA) is 37.4 Å². The third-order valence-electron chi connectivity index (χ3n) is 4.22. The molecule has 2 aromatic rings. The Labute approximate surface area is 148 Å². The molecule has 0 aliphatic heterocycles. The lowest BCUT2D eigenvalue weighted by atomic mass is 10.0. The van der Waals surface area contributed by atoms with Crippen molar-refractivity contribution < 1.29 is 17.2 Å². The highest BCUT2D eigenvalue weighted by Crippen LogP contribution is 2.22. The average Bonchev–Trinajstić information content (AvgIpc) is 2.58. The highest BCUT2D eigenvalue weighted by atomic mass is 32.2. The smallest absolute Gasteiger partial charge is 0.207 e. The summed E-state index contributed by atoms with van der Waals surface area (Å²) >= 11 is 0. The minimum atomic E-state index is -3.66. The SMILES string of the molecule is CCCCC(Cc1cc(F)cc(F)c1)N(C)S(=O)(=O)c1ccccc1. The summed E-state index contributed by atoms with van der Waals surface area (Å²) < 4.78 is 53.9. The molecule has 2 rings (SSSR count). The molecule has 0 amide bonds. The van der Waals surface area contributed by atoms with Gasteiger partial charge in [-0.15, -0.1) is 0 Å². The molecule has 0 N–H and O–H groups in total. The fourth-order valence-corrected chi connectivity index (χ4v) is 4.21. The maximum Gasteiger partial charge on any atom is 0.243 e. The fraction of sp³-hybridized carbons (Fsp3) is 0.368. The summed E-state index contributed by atoms with van der Waals surface area (Å²) in [5.74, 6) is -1.31. The van der Waals surface area contributed by atoms with Crippen LogP contribution in [0.2, 0.25) is 0 Å². The molecule has 2 aromatic carbocycles. The van der Waals surface area contributed by atoms with Gasteiger partial charge in [0, 0.05) is 19.2 Å². The molecule has 1 unspecified atom stereocenters. The Hall–Kier alpha value is -1.79. The fourth-order valence-electron chi connectivity index (χ4n) is 2.81. The van der Waals surface area contributed by atoms with Crippen molar-refractivity contribution in [1.82, 2.24) is 4.31 Å². The van der Waals surface area contributed by atoms with E-state index in [1.165, 1.54) is 23.5 Å². The maximum absolute atomic E-state index is 13.5. The molecule has 25 heavy (non-hydrogen) atoms. The van der Waals surface area contributed by atoms with E-state index in [0.717, 1.165) is 18.9 Å². The second kappa shape index (κ2) is 8.54. The third-order valence-corrected chi connectivity index (χ3v) is 6.14. The monoisotopic (exact) mass is 367 g/mol. The molecule has 0 saturated carbocycles. The van der Waals surface area contributed by atoms with Crippen LogP contribution in [-0.2, 0) is 16.4 Å². The first-order chi connectivity index (χ1) is 11.8. The Morgan fingerprint density at radius 1 is 1.04 bits per heavy atom. The average molecular weight is 367 g/mol. The van der Waals surface area contributed by atoms with Crippen molar-refractivity contribution in [3.63, 3.8) is 0 Å². The lowest BCUT2D eigenvalue weighted by Gasteiger charge is -2.28. The van der Waals surface area contributed by atoms with Crippen molar-refractivity contribution in [2.75, 3.05) is 7.05 Å². The zero-order chi connectivity index (χ0) is 18.4. The molecule has 0 spiro atoms. The van der Waals surface area contributed by atoms with Gasteiger partial charge in [-0.1, -0.05) is 38.0 Å². The first-order valence-electron chi connectivity index (χ1n) is 8.32. The zero-order valence-corrected chi connectivity index (χ0v) is 15.3. The number of unbranched alkanes of at least 4 members (excludes halogenated alkanes) is 1. The van der Waals surface area contributed by atoms with Crippen LogP contribution < -0.4 is 0 Å². The van der Waals surface area contributed by atoms with E-state index in [4.69, 9.17) is 0 Å². The van der Waals surface area contributed by atoms with E-state index < -0.39 is 21.7 Å². The van der Waals surface area contributed by atoms with Gasteiger partial charge < -0.3 is 0 Å². The quantitative estimate of drug-likeness (QED) is 0.694. The predicted molar refractivity (Wildman–Crippen MR) is 94.8 cm³/mol. The number of hydrogen-bond acceptors (Lipinski definition) is 2. The van der Waals surface area contributed by atoms with Crippen LogP contribution in [-0.4, -0.2) is 25.8 Å². The minimum Gasteiger partial charge on any atom is -0.207 e. The molecule has 0 aromatic heterocycles. The van der Waals surface area contributed by atoms with Crippen molar-refractivity contribution in [3.05, 3.63) is 65.7 Å². The number of benzene rings is 2. The van der Waals surface area contributed by atoms with Crippen molar-refractivity contribution in [3.8, 4) is 0 Å². The molecular formula is C19H23F2NO2S. The first-order valence-corrected chi connectivity index (χ1v) is 9.76. The lowest BCUT2D eigenvalue weighted by Crippen LogP contribution is -2.38. The lowest BCUT2D eigenvalue weighted by molar-refractivity contribution is 0.339. The van der Waals surface area contributed by atoms with Crippen LogP contribution in [0, 0.1) is 11.6 Å². The van der Waals surface area contributed by atoms with Gasteiger partial charge >= 0.3 is 0 Å². The van der Waals surface area contributed by atoms with E-state index in [-0.39, 0.29) is 17.4 Å². The number of rotatable bonds is 8. The standard InChI is InChI=1S/C19H23F2NO2S/c1-3-4-8-18(13-15-11-16(20)14-17(21)12-15)22(2)25(23,24)19-9-6-5-7-10-19/h5-7,9-12,14,18H,3-4,8,13H2,1-2H3. The van der Waals surface area contributed by atoms with Gasteiger partial charge in [0.2, 0.25) is 10.0 Å². The molecule has 0 aliphatic carbocycles. The molecule has 0 aliphatic rings. The van der Waals surface area contributed by atoms with Gasteiger partial charge in [0.15, 0.2) is 0 Å².